The fraction of sp³-hybridized carbons (Fsp3) is 0.308. The van der Waals surface area contributed by atoms with Crippen LogP contribution in [0.15, 0.2) is 24.3 Å². The van der Waals surface area contributed by atoms with Gasteiger partial charge in [-0.15, -0.1) is 0 Å². The molecule has 0 atom stereocenters. The first-order valence-electron chi connectivity index (χ1n) is 5.52. The van der Waals surface area contributed by atoms with Crippen LogP contribution in [-0.2, 0) is 0 Å². The van der Waals surface area contributed by atoms with Crippen LogP contribution in [0.3, 0.4) is 0 Å². The molecule has 0 aliphatic heterocycles. The van der Waals surface area contributed by atoms with Crippen molar-refractivity contribution in [2.45, 2.75) is 20.0 Å². The van der Waals surface area contributed by atoms with Gasteiger partial charge in [-0.3, -0.25) is 0 Å². The Morgan fingerprint density at radius 2 is 2.17 bits per heavy atom. The van der Waals surface area contributed by atoms with Gasteiger partial charge in [0.05, 0.1) is 6.10 Å². The summed E-state index contributed by atoms with van der Waals surface area (Å²) in [5.74, 6) is -2.11. The van der Waals surface area contributed by atoms with Crippen molar-refractivity contribution in [2.75, 3.05) is 11.9 Å². The number of hydrogen-bond donors (Lipinski definition) is 2. The zero-order valence-electron chi connectivity index (χ0n) is 10.4. The van der Waals surface area contributed by atoms with Gasteiger partial charge in [-0.25, -0.2) is 4.39 Å². The highest BCUT2D eigenvalue weighted by Gasteiger charge is 2.13. The number of benzene rings is 1. The first kappa shape index (κ1) is 14.2. The van der Waals surface area contributed by atoms with E-state index in [1.807, 2.05) is 0 Å². The van der Waals surface area contributed by atoms with Gasteiger partial charge < -0.3 is 15.5 Å². The summed E-state index contributed by atoms with van der Waals surface area (Å²) < 4.78 is 31.9. The maximum Gasteiger partial charge on any atom is 0.200 e. The molecule has 0 fully saturated rings. The predicted octanol–water partition coefficient (Wildman–Crippen LogP) is 3.37. The Labute approximate surface area is 105 Å². The molecule has 0 unspecified atom stereocenters. The number of hydrogen-bond acceptors (Lipinski definition) is 3. The molecular weight excluding hydrogens is 238 g/mol. The second-order valence-electron chi connectivity index (χ2n) is 4.09. The Morgan fingerprint density at radius 3 is 2.72 bits per heavy atom. The molecule has 1 rings (SSSR count). The van der Waals surface area contributed by atoms with Crippen molar-refractivity contribution in [3.05, 3.63) is 35.9 Å². The Morgan fingerprint density at radius 1 is 1.50 bits per heavy atom. The summed E-state index contributed by atoms with van der Waals surface area (Å²) in [5.41, 5.74) is 0.915. The zero-order chi connectivity index (χ0) is 13.7. The monoisotopic (exact) mass is 254 g/mol. The molecular formula is C13H16F2N2O. The van der Waals surface area contributed by atoms with E-state index in [4.69, 9.17) is 10.1 Å². The summed E-state index contributed by atoms with van der Waals surface area (Å²) in [6, 6.07) is 2.43. The minimum absolute atomic E-state index is 0.132. The van der Waals surface area contributed by atoms with Crippen LogP contribution in [0, 0.1) is 17.0 Å². The molecule has 0 saturated heterocycles. The summed E-state index contributed by atoms with van der Waals surface area (Å²) in [4.78, 5) is 0. The Balaban J connectivity index is 2.89. The third-order valence-corrected chi connectivity index (χ3v) is 2.08. The number of rotatable bonds is 6. The van der Waals surface area contributed by atoms with Crippen molar-refractivity contribution in [3.8, 4) is 5.75 Å². The first-order valence-corrected chi connectivity index (χ1v) is 5.52. The molecule has 5 heteroatoms. The van der Waals surface area contributed by atoms with Gasteiger partial charge in [0.2, 0.25) is 5.82 Å². The lowest BCUT2D eigenvalue weighted by atomic mass is 10.2. The highest BCUT2D eigenvalue weighted by molar-refractivity contribution is 5.76. The molecule has 1 aromatic carbocycles. The fourth-order valence-electron chi connectivity index (χ4n) is 1.27. The standard InChI is InChI=1S/C13H16F2N2O/c1-8(2)18-12-5-10(4-11(14)13(12)15)17-7-9(3)6-16/h4-6,8,16-17H,3,7H2,1-2H3. The van der Waals surface area contributed by atoms with E-state index >= 15 is 0 Å². The third-order valence-electron chi connectivity index (χ3n) is 2.08. The summed E-state index contributed by atoms with van der Waals surface area (Å²) in [5, 5.41) is 9.80. The summed E-state index contributed by atoms with van der Waals surface area (Å²) in [6.07, 6.45) is 0.851. The Kier molecular flexibility index (Phi) is 4.83. The van der Waals surface area contributed by atoms with Gasteiger partial charge in [0.1, 0.15) is 0 Å². The smallest absolute Gasteiger partial charge is 0.200 e. The van der Waals surface area contributed by atoms with Crippen molar-refractivity contribution < 1.29 is 13.5 Å². The third kappa shape index (κ3) is 3.84. The van der Waals surface area contributed by atoms with E-state index in [0.717, 1.165) is 12.3 Å². The van der Waals surface area contributed by atoms with Crippen LogP contribution in [0.4, 0.5) is 14.5 Å². The molecule has 0 aromatic heterocycles. The summed E-state index contributed by atoms with van der Waals surface area (Å²) >= 11 is 0. The second-order valence-corrected chi connectivity index (χ2v) is 4.09. The molecule has 0 amide bonds. The molecule has 0 aliphatic rings. The number of ether oxygens (including phenoxy) is 1. The van der Waals surface area contributed by atoms with E-state index in [9.17, 15) is 8.78 Å². The van der Waals surface area contributed by atoms with Crippen LogP contribution in [-0.4, -0.2) is 18.9 Å². The molecule has 0 bridgehead atoms. The van der Waals surface area contributed by atoms with Crippen LogP contribution in [0.2, 0.25) is 0 Å². The minimum Gasteiger partial charge on any atom is -0.488 e. The highest BCUT2D eigenvalue weighted by atomic mass is 19.2. The highest BCUT2D eigenvalue weighted by Crippen LogP contribution is 2.26. The lowest BCUT2D eigenvalue weighted by molar-refractivity contribution is 0.228. The summed E-state index contributed by atoms with van der Waals surface area (Å²) in [6.45, 7) is 7.34. The first-order chi connectivity index (χ1) is 8.43. The molecule has 0 saturated carbocycles. The van der Waals surface area contributed by atoms with E-state index in [2.05, 4.69) is 11.9 Å². The minimum atomic E-state index is -1.000. The molecule has 0 spiro atoms. The number of anilines is 1. The van der Waals surface area contributed by atoms with E-state index in [1.54, 1.807) is 13.8 Å². The second kappa shape index (κ2) is 6.14. The quantitative estimate of drug-likeness (QED) is 0.764. The van der Waals surface area contributed by atoms with Gasteiger partial charge in [0.25, 0.3) is 0 Å². The summed E-state index contributed by atoms with van der Waals surface area (Å²) in [7, 11) is 0. The average Bonchev–Trinajstić information content (AvgIpc) is 2.31. The molecule has 3 nitrogen and oxygen atoms in total. The largest absolute Gasteiger partial charge is 0.488 e. The van der Waals surface area contributed by atoms with E-state index < -0.39 is 11.6 Å². The van der Waals surface area contributed by atoms with Crippen LogP contribution >= 0.6 is 0 Å². The SMILES string of the molecule is C=C(C=N)CNc1cc(F)c(F)c(OC(C)C)c1. The van der Waals surface area contributed by atoms with Crippen LogP contribution in [0.5, 0.6) is 5.75 Å². The lowest BCUT2D eigenvalue weighted by Gasteiger charge is -2.13. The molecule has 98 valence electrons. The van der Waals surface area contributed by atoms with Gasteiger partial charge in [-0.1, -0.05) is 6.58 Å². The number of nitrogens with one attached hydrogen (secondary N) is 2. The zero-order valence-corrected chi connectivity index (χ0v) is 10.4. The molecule has 1 aromatic rings. The number of halogens is 2. The molecule has 0 aliphatic carbocycles. The van der Waals surface area contributed by atoms with Crippen molar-refractivity contribution in [2.24, 2.45) is 0 Å². The van der Waals surface area contributed by atoms with Gasteiger partial charge in [-0.05, 0) is 19.4 Å². The lowest BCUT2D eigenvalue weighted by Crippen LogP contribution is -2.10. The maximum atomic E-state index is 13.4. The van der Waals surface area contributed by atoms with Gasteiger partial charge in [0.15, 0.2) is 11.6 Å². The van der Waals surface area contributed by atoms with Crippen molar-refractivity contribution in [1.29, 1.82) is 5.41 Å². The van der Waals surface area contributed by atoms with E-state index in [1.165, 1.54) is 6.07 Å². The molecule has 2 N–H and O–H groups in total. The predicted molar refractivity (Wildman–Crippen MR) is 68.5 cm³/mol. The van der Waals surface area contributed by atoms with Crippen LogP contribution in [0.1, 0.15) is 13.8 Å². The van der Waals surface area contributed by atoms with Crippen molar-refractivity contribution in [1.82, 2.24) is 0 Å². The average molecular weight is 254 g/mol. The van der Waals surface area contributed by atoms with E-state index in [0.29, 0.717) is 11.3 Å². The Bertz CT molecular complexity index is 459. The van der Waals surface area contributed by atoms with Gasteiger partial charge >= 0.3 is 0 Å². The van der Waals surface area contributed by atoms with Crippen LogP contribution < -0.4 is 10.1 Å². The van der Waals surface area contributed by atoms with Gasteiger partial charge in [0, 0.05) is 30.6 Å². The fourth-order valence-corrected chi connectivity index (χ4v) is 1.27. The maximum absolute atomic E-state index is 13.4. The van der Waals surface area contributed by atoms with E-state index in [-0.39, 0.29) is 18.4 Å². The Hall–Kier alpha value is -1.91. The molecule has 0 heterocycles. The topological polar surface area (TPSA) is 45.1 Å². The van der Waals surface area contributed by atoms with Crippen molar-refractivity contribution >= 4 is 11.9 Å². The normalized spacial score (nSPS) is 10.3. The molecule has 18 heavy (non-hydrogen) atoms. The van der Waals surface area contributed by atoms with Crippen LogP contribution in [0.25, 0.3) is 0 Å². The molecule has 0 radical (unpaired) electrons. The van der Waals surface area contributed by atoms with Crippen molar-refractivity contribution in [3.63, 3.8) is 0 Å². The van der Waals surface area contributed by atoms with Gasteiger partial charge in [-0.2, -0.15) is 4.39 Å².